The van der Waals surface area contributed by atoms with Crippen LogP contribution >= 0.6 is 0 Å². The molecule has 2 aromatic rings. The van der Waals surface area contributed by atoms with Gasteiger partial charge in [0.2, 0.25) is 11.8 Å². The zero-order valence-corrected chi connectivity index (χ0v) is 13.1. The second-order valence-electron chi connectivity index (χ2n) is 4.91. The van der Waals surface area contributed by atoms with E-state index >= 15 is 0 Å². The van der Waals surface area contributed by atoms with Crippen LogP contribution in [0.5, 0.6) is 0 Å². The highest BCUT2D eigenvalue weighted by molar-refractivity contribution is 5.86. The number of benzene rings is 2. The molecule has 0 fully saturated rings. The zero-order valence-electron chi connectivity index (χ0n) is 13.1. The van der Waals surface area contributed by atoms with E-state index in [1.54, 1.807) is 12.4 Å². The molecule has 2 aromatic carbocycles. The minimum Gasteiger partial charge on any atom is -0.273 e. The molecule has 0 aliphatic carbocycles. The van der Waals surface area contributed by atoms with E-state index in [2.05, 4.69) is 21.1 Å². The van der Waals surface area contributed by atoms with E-state index in [4.69, 9.17) is 0 Å². The number of carbonyl (C=O) groups excluding carboxylic acids is 2. The van der Waals surface area contributed by atoms with Crippen molar-refractivity contribution in [3.05, 3.63) is 71.8 Å². The van der Waals surface area contributed by atoms with Gasteiger partial charge in [0.1, 0.15) is 0 Å². The normalized spacial score (nSPS) is 10.8. The summed E-state index contributed by atoms with van der Waals surface area (Å²) >= 11 is 0. The molecule has 122 valence electrons. The van der Waals surface area contributed by atoms with E-state index in [9.17, 15) is 9.59 Å². The average molecular weight is 322 g/mol. The predicted molar refractivity (Wildman–Crippen MR) is 93.6 cm³/mol. The van der Waals surface area contributed by atoms with Gasteiger partial charge in [0.15, 0.2) is 0 Å². The van der Waals surface area contributed by atoms with Crippen molar-refractivity contribution in [1.82, 2.24) is 10.9 Å². The first-order valence-corrected chi connectivity index (χ1v) is 7.48. The second-order valence-corrected chi connectivity index (χ2v) is 4.91. The number of carbonyl (C=O) groups is 2. The molecule has 0 aliphatic rings. The number of hydrogen-bond donors (Lipinski definition) is 2. The fourth-order valence-corrected chi connectivity index (χ4v) is 1.77. The predicted octanol–water partition coefficient (Wildman–Crippen LogP) is 2.07. The van der Waals surface area contributed by atoms with Crippen LogP contribution in [-0.2, 0) is 9.59 Å². The molecule has 2 rings (SSSR count). The molecule has 0 aromatic heterocycles. The summed E-state index contributed by atoms with van der Waals surface area (Å²) in [4.78, 5) is 23.2. The first kappa shape index (κ1) is 17.1. The lowest BCUT2D eigenvalue weighted by Gasteiger charge is -2.00. The lowest BCUT2D eigenvalue weighted by Crippen LogP contribution is -2.22. The Kier molecular flexibility index (Phi) is 6.89. The van der Waals surface area contributed by atoms with Gasteiger partial charge in [-0.15, -0.1) is 0 Å². The van der Waals surface area contributed by atoms with Gasteiger partial charge in [0.25, 0.3) is 0 Å². The zero-order chi connectivity index (χ0) is 17.0. The highest BCUT2D eigenvalue weighted by Gasteiger charge is 2.05. The fourth-order valence-electron chi connectivity index (χ4n) is 1.77. The summed E-state index contributed by atoms with van der Waals surface area (Å²) in [7, 11) is 0. The number of hydrazone groups is 2. The lowest BCUT2D eigenvalue weighted by atomic mass is 10.2. The molecule has 0 atom stereocenters. The molecular weight excluding hydrogens is 304 g/mol. The molecule has 6 nitrogen and oxygen atoms in total. The summed E-state index contributed by atoms with van der Waals surface area (Å²) in [6.07, 6.45) is 3.17. The van der Waals surface area contributed by atoms with Crippen molar-refractivity contribution >= 4 is 24.2 Å². The Morgan fingerprint density at radius 3 is 1.46 bits per heavy atom. The van der Waals surface area contributed by atoms with Crippen LogP contribution in [-0.4, -0.2) is 24.2 Å². The lowest BCUT2D eigenvalue weighted by molar-refractivity contribution is -0.126. The van der Waals surface area contributed by atoms with Gasteiger partial charge in [-0.25, -0.2) is 10.9 Å². The van der Waals surface area contributed by atoms with Gasteiger partial charge in [0, 0.05) is 12.8 Å². The highest BCUT2D eigenvalue weighted by Crippen LogP contribution is 1.95. The molecule has 0 saturated heterocycles. The molecule has 2 amide bonds. The van der Waals surface area contributed by atoms with Crippen LogP contribution in [0.25, 0.3) is 0 Å². The van der Waals surface area contributed by atoms with Crippen LogP contribution in [0.2, 0.25) is 0 Å². The van der Waals surface area contributed by atoms with E-state index in [-0.39, 0.29) is 24.7 Å². The Morgan fingerprint density at radius 1 is 0.708 bits per heavy atom. The van der Waals surface area contributed by atoms with Crippen LogP contribution in [0, 0.1) is 0 Å². The quantitative estimate of drug-likeness (QED) is 0.604. The highest BCUT2D eigenvalue weighted by atomic mass is 16.2. The Bertz CT molecular complexity index is 649. The number of rotatable bonds is 7. The van der Waals surface area contributed by atoms with Crippen LogP contribution < -0.4 is 10.9 Å². The summed E-state index contributed by atoms with van der Waals surface area (Å²) in [5.41, 5.74) is 6.52. The van der Waals surface area contributed by atoms with Crippen molar-refractivity contribution in [3.63, 3.8) is 0 Å². The summed E-state index contributed by atoms with van der Waals surface area (Å²) < 4.78 is 0. The van der Waals surface area contributed by atoms with Crippen LogP contribution in [0.3, 0.4) is 0 Å². The summed E-state index contributed by atoms with van der Waals surface area (Å²) in [6, 6.07) is 18.8. The maximum absolute atomic E-state index is 11.6. The number of hydrogen-bond acceptors (Lipinski definition) is 4. The number of amides is 2. The van der Waals surface area contributed by atoms with Crippen LogP contribution in [0.4, 0.5) is 0 Å². The molecule has 0 radical (unpaired) electrons. The standard InChI is InChI=1S/C18H18N4O2/c23-17(21-19-13-15-7-3-1-4-8-15)11-12-18(24)22-20-14-16-9-5-2-6-10-16/h1-10,13-14H,11-12H2,(H,21,23)(H,22,24)/b19-13+,20-14+. The maximum atomic E-state index is 11.6. The Labute approximate surface area is 140 Å². The van der Waals surface area contributed by atoms with Crippen molar-refractivity contribution in [2.24, 2.45) is 10.2 Å². The summed E-state index contributed by atoms with van der Waals surface area (Å²) in [5, 5.41) is 7.67. The molecule has 6 heteroatoms. The molecular formula is C18H18N4O2. The van der Waals surface area contributed by atoms with Gasteiger partial charge in [-0.3, -0.25) is 9.59 Å². The smallest absolute Gasteiger partial charge is 0.240 e. The Hall–Kier alpha value is -3.28. The van der Waals surface area contributed by atoms with Gasteiger partial charge in [-0.05, 0) is 11.1 Å². The number of nitrogens with one attached hydrogen (secondary N) is 2. The van der Waals surface area contributed by atoms with Gasteiger partial charge in [-0.2, -0.15) is 10.2 Å². The molecule has 24 heavy (non-hydrogen) atoms. The number of nitrogens with zero attached hydrogens (tertiary/aromatic N) is 2. The van der Waals surface area contributed by atoms with E-state index in [1.807, 2.05) is 60.7 Å². The minimum absolute atomic E-state index is 0.0405. The van der Waals surface area contributed by atoms with E-state index < -0.39 is 0 Å². The monoisotopic (exact) mass is 322 g/mol. The molecule has 0 saturated carbocycles. The third-order valence-corrected chi connectivity index (χ3v) is 2.98. The Morgan fingerprint density at radius 2 is 1.08 bits per heavy atom. The first-order valence-electron chi connectivity index (χ1n) is 7.48. The molecule has 2 N–H and O–H groups in total. The van der Waals surface area contributed by atoms with Gasteiger partial charge >= 0.3 is 0 Å². The van der Waals surface area contributed by atoms with Crippen LogP contribution in [0.1, 0.15) is 24.0 Å². The fraction of sp³-hybridized carbons (Fsp3) is 0.111. The average Bonchev–Trinajstić information content (AvgIpc) is 2.62. The van der Waals surface area contributed by atoms with Gasteiger partial charge in [0.05, 0.1) is 12.4 Å². The molecule has 0 heterocycles. The van der Waals surface area contributed by atoms with Crippen molar-refractivity contribution in [1.29, 1.82) is 0 Å². The maximum Gasteiger partial charge on any atom is 0.240 e. The second kappa shape index (κ2) is 9.68. The third kappa shape index (κ3) is 6.65. The SMILES string of the molecule is O=C(CCC(=O)N/N=C/c1ccccc1)N/N=C/c1ccccc1. The Balaban J connectivity index is 1.65. The topological polar surface area (TPSA) is 82.9 Å². The minimum atomic E-state index is -0.329. The van der Waals surface area contributed by atoms with Crippen molar-refractivity contribution in [3.8, 4) is 0 Å². The molecule has 0 aliphatic heterocycles. The van der Waals surface area contributed by atoms with Crippen molar-refractivity contribution in [2.75, 3.05) is 0 Å². The van der Waals surface area contributed by atoms with Crippen molar-refractivity contribution in [2.45, 2.75) is 12.8 Å². The largest absolute Gasteiger partial charge is 0.273 e. The first-order chi connectivity index (χ1) is 11.7. The summed E-state index contributed by atoms with van der Waals surface area (Å²) in [6.45, 7) is 0. The summed E-state index contributed by atoms with van der Waals surface area (Å²) in [5.74, 6) is -0.659. The van der Waals surface area contributed by atoms with E-state index in [0.29, 0.717) is 0 Å². The van der Waals surface area contributed by atoms with Gasteiger partial charge in [-0.1, -0.05) is 60.7 Å². The molecule has 0 unspecified atom stereocenters. The van der Waals surface area contributed by atoms with E-state index in [0.717, 1.165) is 11.1 Å². The molecule has 0 spiro atoms. The molecule has 0 bridgehead atoms. The van der Waals surface area contributed by atoms with Crippen molar-refractivity contribution < 1.29 is 9.59 Å². The van der Waals surface area contributed by atoms with E-state index in [1.165, 1.54) is 0 Å². The van der Waals surface area contributed by atoms with Gasteiger partial charge < -0.3 is 0 Å². The van der Waals surface area contributed by atoms with Crippen LogP contribution in [0.15, 0.2) is 70.9 Å². The third-order valence-electron chi connectivity index (χ3n) is 2.98.